The Morgan fingerprint density at radius 3 is 2.84 bits per heavy atom. The summed E-state index contributed by atoms with van der Waals surface area (Å²) in [5, 5.41) is 9.69. The maximum atomic E-state index is 11.1. The van der Waals surface area contributed by atoms with Crippen molar-refractivity contribution in [2.24, 2.45) is 0 Å². The highest BCUT2D eigenvalue weighted by Gasteiger charge is 2.09. The number of pyridine rings is 1. The van der Waals surface area contributed by atoms with Gasteiger partial charge in [-0.1, -0.05) is 6.07 Å². The van der Waals surface area contributed by atoms with Crippen molar-refractivity contribution in [3.63, 3.8) is 0 Å². The summed E-state index contributed by atoms with van der Waals surface area (Å²) in [4.78, 5) is 15.4. The fraction of sp³-hybridized carbons (Fsp3) is 0.286. The molecule has 2 rings (SSSR count). The van der Waals surface area contributed by atoms with E-state index in [-0.39, 0.29) is 5.56 Å². The number of aromatic nitrogens is 1. The molecule has 0 aliphatic carbocycles. The maximum absolute atomic E-state index is 11.1. The van der Waals surface area contributed by atoms with Crippen molar-refractivity contribution in [2.45, 2.75) is 6.42 Å². The van der Waals surface area contributed by atoms with Gasteiger partial charge in [0.05, 0.1) is 17.7 Å². The number of rotatable bonds is 6. The van der Waals surface area contributed by atoms with Crippen molar-refractivity contribution in [1.82, 2.24) is 4.98 Å². The van der Waals surface area contributed by atoms with E-state index in [1.165, 1.54) is 0 Å². The van der Waals surface area contributed by atoms with E-state index < -0.39 is 5.97 Å². The predicted octanol–water partition coefficient (Wildman–Crippen LogP) is 2.35. The number of carboxylic acid groups (broad SMARTS) is 1. The number of carboxylic acids is 1. The number of methoxy groups -OCH3 is 1. The van der Waals surface area contributed by atoms with E-state index in [1.54, 1.807) is 37.4 Å². The SMILES string of the molecule is COCCCOc1ccc2c(C(=O)O)cccc2n1. The number of hydrogen-bond acceptors (Lipinski definition) is 4. The first-order valence-corrected chi connectivity index (χ1v) is 5.97. The second-order valence-corrected chi connectivity index (χ2v) is 4.02. The molecule has 0 aliphatic rings. The Balaban J connectivity index is 2.19. The Kier molecular flexibility index (Phi) is 4.30. The van der Waals surface area contributed by atoms with Gasteiger partial charge in [-0.3, -0.25) is 0 Å². The van der Waals surface area contributed by atoms with E-state index in [2.05, 4.69) is 4.98 Å². The van der Waals surface area contributed by atoms with Crippen LogP contribution < -0.4 is 4.74 Å². The summed E-state index contributed by atoms with van der Waals surface area (Å²) in [5.74, 6) is -0.465. The molecule has 1 heterocycles. The third-order valence-electron chi connectivity index (χ3n) is 2.68. The lowest BCUT2D eigenvalue weighted by molar-refractivity contribution is 0.0699. The molecule has 0 fully saturated rings. The molecular weight excluding hydrogens is 246 g/mol. The van der Waals surface area contributed by atoms with Gasteiger partial charge in [-0.15, -0.1) is 0 Å². The highest BCUT2D eigenvalue weighted by molar-refractivity contribution is 6.02. The molecule has 5 nitrogen and oxygen atoms in total. The third kappa shape index (κ3) is 3.20. The van der Waals surface area contributed by atoms with Crippen LogP contribution >= 0.6 is 0 Å². The van der Waals surface area contributed by atoms with Crippen molar-refractivity contribution < 1.29 is 19.4 Å². The summed E-state index contributed by atoms with van der Waals surface area (Å²) in [6.07, 6.45) is 0.783. The van der Waals surface area contributed by atoms with E-state index >= 15 is 0 Å². The van der Waals surface area contributed by atoms with Gasteiger partial charge in [0.15, 0.2) is 0 Å². The van der Waals surface area contributed by atoms with E-state index in [1.807, 2.05) is 0 Å². The highest BCUT2D eigenvalue weighted by atomic mass is 16.5. The number of nitrogens with zero attached hydrogens (tertiary/aromatic N) is 1. The Morgan fingerprint density at radius 1 is 1.26 bits per heavy atom. The van der Waals surface area contributed by atoms with Crippen LogP contribution in [0.15, 0.2) is 30.3 Å². The van der Waals surface area contributed by atoms with Crippen molar-refractivity contribution in [2.75, 3.05) is 20.3 Å². The van der Waals surface area contributed by atoms with Crippen LogP contribution in [0.25, 0.3) is 10.9 Å². The van der Waals surface area contributed by atoms with E-state index in [0.717, 1.165) is 6.42 Å². The number of aromatic carboxylic acids is 1. The first kappa shape index (κ1) is 13.3. The lowest BCUT2D eigenvalue weighted by Crippen LogP contribution is -2.03. The minimum absolute atomic E-state index is 0.246. The normalized spacial score (nSPS) is 10.6. The largest absolute Gasteiger partial charge is 0.478 e. The van der Waals surface area contributed by atoms with Crippen LogP contribution in [0.3, 0.4) is 0 Å². The van der Waals surface area contributed by atoms with Crippen molar-refractivity contribution >= 4 is 16.9 Å². The second kappa shape index (κ2) is 6.15. The highest BCUT2D eigenvalue weighted by Crippen LogP contribution is 2.20. The lowest BCUT2D eigenvalue weighted by Gasteiger charge is -2.07. The molecule has 0 radical (unpaired) electrons. The Bertz CT molecular complexity index is 583. The van der Waals surface area contributed by atoms with E-state index in [4.69, 9.17) is 14.6 Å². The monoisotopic (exact) mass is 261 g/mol. The number of ether oxygens (including phenoxy) is 2. The van der Waals surface area contributed by atoms with Gasteiger partial charge >= 0.3 is 5.97 Å². The van der Waals surface area contributed by atoms with Crippen LogP contribution in [0.2, 0.25) is 0 Å². The minimum Gasteiger partial charge on any atom is -0.478 e. The summed E-state index contributed by atoms with van der Waals surface area (Å²) in [7, 11) is 1.64. The summed E-state index contributed by atoms with van der Waals surface area (Å²) < 4.78 is 10.4. The molecule has 2 aromatic rings. The average molecular weight is 261 g/mol. The van der Waals surface area contributed by atoms with Crippen LogP contribution in [-0.4, -0.2) is 36.4 Å². The summed E-state index contributed by atoms with van der Waals surface area (Å²) in [6, 6.07) is 8.40. The molecule has 1 aromatic carbocycles. The van der Waals surface area contributed by atoms with Gasteiger partial charge < -0.3 is 14.6 Å². The molecule has 0 amide bonds. The lowest BCUT2D eigenvalue weighted by atomic mass is 10.1. The Labute approximate surface area is 110 Å². The molecule has 5 heteroatoms. The van der Waals surface area contributed by atoms with E-state index in [9.17, 15) is 4.79 Å². The van der Waals surface area contributed by atoms with Crippen LogP contribution in [0, 0.1) is 0 Å². The molecule has 0 unspecified atom stereocenters. The second-order valence-electron chi connectivity index (χ2n) is 4.02. The van der Waals surface area contributed by atoms with E-state index in [0.29, 0.717) is 30.0 Å². The molecular formula is C14H15NO4. The van der Waals surface area contributed by atoms with Gasteiger partial charge in [0.1, 0.15) is 0 Å². The molecule has 1 N–H and O–H groups in total. The van der Waals surface area contributed by atoms with Crippen molar-refractivity contribution in [1.29, 1.82) is 0 Å². The fourth-order valence-electron chi connectivity index (χ4n) is 1.78. The minimum atomic E-state index is -0.957. The van der Waals surface area contributed by atoms with Gasteiger partial charge in [0.2, 0.25) is 5.88 Å². The number of carbonyl (C=O) groups is 1. The summed E-state index contributed by atoms with van der Waals surface area (Å²) >= 11 is 0. The molecule has 0 aliphatic heterocycles. The molecule has 1 aromatic heterocycles. The molecule has 0 bridgehead atoms. The standard InChI is InChI=1S/C14H15NO4/c1-18-8-3-9-19-13-7-6-10-11(14(16)17)4-2-5-12(10)15-13/h2,4-7H,3,8-9H2,1H3,(H,16,17). The molecule has 0 saturated heterocycles. The quantitative estimate of drug-likeness (QED) is 0.808. The number of fused-ring (bicyclic) bond motifs is 1. The predicted molar refractivity (Wildman–Crippen MR) is 70.7 cm³/mol. The zero-order valence-electron chi connectivity index (χ0n) is 10.6. The first-order chi connectivity index (χ1) is 9.22. The number of hydrogen-bond donors (Lipinski definition) is 1. The number of benzene rings is 1. The molecule has 100 valence electrons. The Morgan fingerprint density at radius 2 is 2.11 bits per heavy atom. The third-order valence-corrected chi connectivity index (χ3v) is 2.68. The summed E-state index contributed by atoms with van der Waals surface area (Å²) in [5.41, 5.74) is 0.861. The molecule has 0 spiro atoms. The topological polar surface area (TPSA) is 68.7 Å². The molecule has 0 saturated carbocycles. The van der Waals surface area contributed by atoms with Crippen LogP contribution in [0.5, 0.6) is 5.88 Å². The smallest absolute Gasteiger partial charge is 0.336 e. The zero-order chi connectivity index (χ0) is 13.7. The molecule has 19 heavy (non-hydrogen) atoms. The zero-order valence-corrected chi connectivity index (χ0v) is 10.6. The van der Waals surface area contributed by atoms with Gasteiger partial charge in [0.25, 0.3) is 0 Å². The first-order valence-electron chi connectivity index (χ1n) is 5.97. The van der Waals surface area contributed by atoms with Crippen LogP contribution in [-0.2, 0) is 4.74 Å². The van der Waals surface area contributed by atoms with Gasteiger partial charge in [-0.2, -0.15) is 0 Å². The van der Waals surface area contributed by atoms with Gasteiger partial charge in [-0.05, 0) is 18.2 Å². The summed E-state index contributed by atoms with van der Waals surface area (Å²) in [6.45, 7) is 1.15. The van der Waals surface area contributed by atoms with Crippen LogP contribution in [0.1, 0.15) is 16.8 Å². The van der Waals surface area contributed by atoms with Crippen LogP contribution in [0.4, 0.5) is 0 Å². The van der Waals surface area contributed by atoms with Gasteiger partial charge in [0, 0.05) is 31.6 Å². The Hall–Kier alpha value is -2.14. The fourth-order valence-corrected chi connectivity index (χ4v) is 1.78. The average Bonchev–Trinajstić information content (AvgIpc) is 2.42. The molecule has 0 atom stereocenters. The maximum Gasteiger partial charge on any atom is 0.336 e. The van der Waals surface area contributed by atoms with Gasteiger partial charge in [-0.25, -0.2) is 9.78 Å². The van der Waals surface area contributed by atoms with Crippen molar-refractivity contribution in [3.05, 3.63) is 35.9 Å². The van der Waals surface area contributed by atoms with Crippen molar-refractivity contribution in [3.8, 4) is 5.88 Å².